The van der Waals surface area contributed by atoms with E-state index in [0.29, 0.717) is 23.7 Å². The first-order valence-corrected chi connectivity index (χ1v) is 8.38. The molecule has 118 valence electrons. The summed E-state index contributed by atoms with van der Waals surface area (Å²) in [6.07, 6.45) is 6.41. The molecule has 0 unspecified atom stereocenters. The van der Waals surface area contributed by atoms with Crippen LogP contribution >= 0.6 is 0 Å². The van der Waals surface area contributed by atoms with Gasteiger partial charge in [0.25, 0.3) is 0 Å². The van der Waals surface area contributed by atoms with E-state index < -0.39 is 0 Å². The lowest BCUT2D eigenvalue weighted by atomic mass is 10.1. The number of nitrogens with two attached hydrogens (primary N) is 1. The zero-order chi connectivity index (χ0) is 15.4. The van der Waals surface area contributed by atoms with Gasteiger partial charge in [-0.15, -0.1) is 0 Å². The van der Waals surface area contributed by atoms with Crippen LogP contribution in [0.4, 0.5) is 11.6 Å². The lowest BCUT2D eigenvalue weighted by molar-refractivity contribution is 0.523. The van der Waals surface area contributed by atoms with Gasteiger partial charge in [-0.3, -0.25) is 0 Å². The second-order valence-corrected chi connectivity index (χ2v) is 6.98. The monoisotopic (exact) mass is 290 g/mol. The van der Waals surface area contributed by atoms with Crippen LogP contribution in [0.3, 0.4) is 0 Å². The summed E-state index contributed by atoms with van der Waals surface area (Å²) in [5, 5.41) is 0. The number of nitrogen functional groups attached to an aromatic ring is 1. The minimum absolute atomic E-state index is 0.308. The Morgan fingerprint density at radius 2 is 1.86 bits per heavy atom. The number of rotatable bonds is 6. The maximum atomic E-state index is 6.01. The number of hydrogen-bond acceptors (Lipinski definition) is 4. The molecule has 0 aliphatic heterocycles. The van der Waals surface area contributed by atoms with Gasteiger partial charge in [0, 0.05) is 24.6 Å². The lowest BCUT2D eigenvalue weighted by Gasteiger charge is -2.31. The molecule has 1 aliphatic rings. The van der Waals surface area contributed by atoms with E-state index in [4.69, 9.17) is 10.7 Å². The molecule has 0 atom stereocenters. The van der Waals surface area contributed by atoms with E-state index >= 15 is 0 Å². The van der Waals surface area contributed by atoms with Crippen LogP contribution in [0.5, 0.6) is 0 Å². The van der Waals surface area contributed by atoms with E-state index in [9.17, 15) is 0 Å². The third-order valence-corrected chi connectivity index (χ3v) is 4.27. The summed E-state index contributed by atoms with van der Waals surface area (Å²) in [5.41, 5.74) is 6.01. The molecule has 4 nitrogen and oxygen atoms in total. The van der Waals surface area contributed by atoms with Crippen LogP contribution in [0.1, 0.15) is 71.5 Å². The highest BCUT2D eigenvalue weighted by atomic mass is 15.2. The Morgan fingerprint density at radius 1 is 1.19 bits per heavy atom. The predicted octanol–water partition coefficient (Wildman–Crippen LogP) is 3.98. The first-order valence-electron chi connectivity index (χ1n) is 8.38. The molecule has 0 saturated heterocycles. The molecule has 0 bridgehead atoms. The van der Waals surface area contributed by atoms with E-state index in [-0.39, 0.29) is 0 Å². The molecule has 1 aromatic heterocycles. The number of anilines is 2. The summed E-state index contributed by atoms with van der Waals surface area (Å²) in [6, 6.07) is 2.57. The Labute approximate surface area is 129 Å². The standard InChI is InChI=1S/C17H30N4/c1-12(2)9-10-21(14-7-5-6-8-14)16-11-15(18)19-17(20-16)13(3)4/h11-14H,5-10H2,1-4H3,(H2,18,19,20). The summed E-state index contributed by atoms with van der Waals surface area (Å²) in [7, 11) is 0. The molecule has 1 heterocycles. The molecule has 2 N–H and O–H groups in total. The Kier molecular flexibility index (Phi) is 5.43. The van der Waals surface area contributed by atoms with E-state index in [2.05, 4.69) is 37.6 Å². The van der Waals surface area contributed by atoms with Gasteiger partial charge in [-0.05, 0) is 25.2 Å². The Morgan fingerprint density at radius 3 is 2.43 bits per heavy atom. The summed E-state index contributed by atoms with van der Waals surface area (Å²) < 4.78 is 0. The van der Waals surface area contributed by atoms with Crippen molar-refractivity contribution in [2.45, 2.75) is 71.8 Å². The summed E-state index contributed by atoms with van der Waals surface area (Å²) in [4.78, 5) is 11.7. The van der Waals surface area contributed by atoms with Crippen LogP contribution in [0.2, 0.25) is 0 Å². The molecule has 1 saturated carbocycles. The van der Waals surface area contributed by atoms with Crippen molar-refractivity contribution in [2.75, 3.05) is 17.2 Å². The van der Waals surface area contributed by atoms with Gasteiger partial charge in [0.15, 0.2) is 0 Å². The van der Waals surface area contributed by atoms with E-state index in [1.54, 1.807) is 0 Å². The third-order valence-electron chi connectivity index (χ3n) is 4.27. The molecule has 4 heteroatoms. The van der Waals surface area contributed by atoms with Crippen molar-refractivity contribution in [3.8, 4) is 0 Å². The van der Waals surface area contributed by atoms with Gasteiger partial charge >= 0.3 is 0 Å². The fourth-order valence-corrected chi connectivity index (χ4v) is 2.97. The van der Waals surface area contributed by atoms with Gasteiger partial charge in [-0.2, -0.15) is 0 Å². The highest BCUT2D eigenvalue weighted by Gasteiger charge is 2.24. The minimum Gasteiger partial charge on any atom is -0.384 e. The maximum absolute atomic E-state index is 6.01. The van der Waals surface area contributed by atoms with Crippen molar-refractivity contribution >= 4 is 11.6 Å². The van der Waals surface area contributed by atoms with E-state index in [0.717, 1.165) is 18.2 Å². The second kappa shape index (κ2) is 7.10. The Bertz CT molecular complexity index is 450. The average molecular weight is 290 g/mol. The molecule has 2 rings (SSSR count). The molecule has 1 fully saturated rings. The molecule has 21 heavy (non-hydrogen) atoms. The molecule has 0 spiro atoms. The number of aromatic nitrogens is 2. The summed E-state index contributed by atoms with van der Waals surface area (Å²) >= 11 is 0. The fraction of sp³-hybridized carbons (Fsp3) is 0.765. The number of nitrogens with zero attached hydrogens (tertiary/aromatic N) is 3. The third kappa shape index (κ3) is 4.32. The molecule has 0 aromatic carbocycles. The zero-order valence-corrected chi connectivity index (χ0v) is 14.0. The van der Waals surface area contributed by atoms with E-state index in [1.807, 2.05) is 6.07 Å². The topological polar surface area (TPSA) is 55.0 Å². The largest absolute Gasteiger partial charge is 0.384 e. The first-order chi connectivity index (χ1) is 9.97. The van der Waals surface area contributed by atoms with Crippen LogP contribution in [-0.4, -0.2) is 22.6 Å². The van der Waals surface area contributed by atoms with Crippen molar-refractivity contribution in [3.05, 3.63) is 11.9 Å². The second-order valence-electron chi connectivity index (χ2n) is 6.98. The van der Waals surface area contributed by atoms with Gasteiger partial charge in [0.2, 0.25) is 0 Å². The fourth-order valence-electron chi connectivity index (χ4n) is 2.97. The van der Waals surface area contributed by atoms with Crippen LogP contribution < -0.4 is 10.6 Å². The number of hydrogen-bond donors (Lipinski definition) is 1. The van der Waals surface area contributed by atoms with Gasteiger partial charge in [0.1, 0.15) is 17.5 Å². The van der Waals surface area contributed by atoms with Crippen molar-refractivity contribution < 1.29 is 0 Å². The van der Waals surface area contributed by atoms with Crippen molar-refractivity contribution in [2.24, 2.45) is 5.92 Å². The average Bonchev–Trinajstić information content (AvgIpc) is 2.92. The quantitative estimate of drug-likeness (QED) is 0.861. The summed E-state index contributed by atoms with van der Waals surface area (Å²) in [6.45, 7) is 9.86. The molecule has 1 aromatic rings. The van der Waals surface area contributed by atoms with E-state index in [1.165, 1.54) is 32.1 Å². The first kappa shape index (κ1) is 16.1. The molecular formula is C17H30N4. The van der Waals surface area contributed by atoms with Gasteiger partial charge in [-0.25, -0.2) is 9.97 Å². The molecule has 1 aliphatic carbocycles. The van der Waals surface area contributed by atoms with Gasteiger partial charge < -0.3 is 10.6 Å². The minimum atomic E-state index is 0.308. The molecule has 0 amide bonds. The SMILES string of the molecule is CC(C)CCN(c1cc(N)nc(C(C)C)n1)C1CCCC1. The Balaban J connectivity index is 2.26. The van der Waals surface area contributed by atoms with Crippen molar-refractivity contribution in [3.63, 3.8) is 0 Å². The highest BCUT2D eigenvalue weighted by molar-refractivity contribution is 5.48. The molecular weight excluding hydrogens is 260 g/mol. The predicted molar refractivity (Wildman–Crippen MR) is 89.6 cm³/mol. The molecule has 0 radical (unpaired) electrons. The van der Waals surface area contributed by atoms with Gasteiger partial charge in [0.05, 0.1) is 0 Å². The van der Waals surface area contributed by atoms with Crippen LogP contribution in [0.25, 0.3) is 0 Å². The van der Waals surface area contributed by atoms with Crippen LogP contribution in [0, 0.1) is 5.92 Å². The normalized spacial score (nSPS) is 16.1. The Hall–Kier alpha value is -1.32. The van der Waals surface area contributed by atoms with Gasteiger partial charge in [-0.1, -0.05) is 40.5 Å². The highest BCUT2D eigenvalue weighted by Crippen LogP contribution is 2.29. The summed E-state index contributed by atoms with van der Waals surface area (Å²) in [5.74, 6) is 3.49. The lowest BCUT2D eigenvalue weighted by Crippen LogP contribution is -2.35. The van der Waals surface area contributed by atoms with Crippen LogP contribution in [0.15, 0.2) is 6.07 Å². The zero-order valence-electron chi connectivity index (χ0n) is 14.0. The van der Waals surface area contributed by atoms with Crippen molar-refractivity contribution in [1.82, 2.24) is 9.97 Å². The van der Waals surface area contributed by atoms with Crippen LogP contribution in [-0.2, 0) is 0 Å². The maximum Gasteiger partial charge on any atom is 0.135 e. The smallest absolute Gasteiger partial charge is 0.135 e. The van der Waals surface area contributed by atoms with Crippen molar-refractivity contribution in [1.29, 1.82) is 0 Å².